The third kappa shape index (κ3) is 2.17. The Hall–Kier alpha value is -0.970. The zero-order valence-corrected chi connectivity index (χ0v) is 10.2. The maximum Gasteiger partial charge on any atom is 0.410 e. The highest BCUT2D eigenvalue weighted by Crippen LogP contribution is 2.16. The van der Waals surface area contributed by atoms with E-state index in [4.69, 9.17) is 4.74 Å². The van der Waals surface area contributed by atoms with Crippen LogP contribution >= 0.6 is 15.9 Å². The number of rotatable bonds is 2. The zero-order valence-electron chi connectivity index (χ0n) is 8.57. The van der Waals surface area contributed by atoms with Crippen molar-refractivity contribution >= 4 is 22.0 Å². The van der Waals surface area contributed by atoms with E-state index in [0.717, 1.165) is 23.3 Å². The summed E-state index contributed by atoms with van der Waals surface area (Å²) in [6.45, 7) is 1.94. The molecule has 0 spiro atoms. The van der Waals surface area contributed by atoms with Gasteiger partial charge in [0.2, 0.25) is 0 Å². The third-order valence-electron chi connectivity index (χ3n) is 2.57. The van der Waals surface area contributed by atoms with E-state index in [1.165, 1.54) is 0 Å². The van der Waals surface area contributed by atoms with Crippen LogP contribution in [0.3, 0.4) is 0 Å². The van der Waals surface area contributed by atoms with Crippen molar-refractivity contribution in [3.05, 3.63) is 22.4 Å². The lowest BCUT2D eigenvalue weighted by atomic mass is 10.3. The Labute approximate surface area is 96.9 Å². The number of cyclic esters (lactones) is 1. The summed E-state index contributed by atoms with van der Waals surface area (Å²) < 4.78 is 8.01. The molecule has 1 saturated heterocycles. The number of hydrogen-bond donors (Lipinski definition) is 0. The molecule has 0 atom stereocenters. The zero-order chi connectivity index (χ0) is 10.8. The summed E-state index contributed by atoms with van der Waals surface area (Å²) in [7, 11) is 1.97. The summed E-state index contributed by atoms with van der Waals surface area (Å²) in [5.41, 5.74) is 1.10. The van der Waals surface area contributed by atoms with Crippen molar-refractivity contribution < 1.29 is 9.53 Å². The fourth-order valence-electron chi connectivity index (χ4n) is 1.62. The number of hydrogen-bond acceptors (Lipinski definition) is 2. The van der Waals surface area contributed by atoms with E-state index in [0.29, 0.717) is 13.2 Å². The molecule has 15 heavy (non-hydrogen) atoms. The molecule has 0 unspecified atom stereocenters. The molecule has 0 bridgehead atoms. The van der Waals surface area contributed by atoms with Crippen LogP contribution in [0.25, 0.3) is 0 Å². The van der Waals surface area contributed by atoms with Gasteiger partial charge in [-0.25, -0.2) is 4.79 Å². The number of halogens is 1. The fourth-order valence-corrected chi connectivity index (χ4v) is 1.98. The number of amides is 1. The van der Waals surface area contributed by atoms with Gasteiger partial charge in [-0.2, -0.15) is 0 Å². The summed E-state index contributed by atoms with van der Waals surface area (Å²) >= 11 is 3.42. The Morgan fingerprint density at radius 3 is 2.93 bits per heavy atom. The highest BCUT2D eigenvalue weighted by molar-refractivity contribution is 9.10. The summed E-state index contributed by atoms with van der Waals surface area (Å²) in [5, 5.41) is 0. The lowest BCUT2D eigenvalue weighted by molar-refractivity contribution is 0.0692. The molecule has 0 aliphatic carbocycles. The van der Waals surface area contributed by atoms with Crippen molar-refractivity contribution in [2.75, 3.05) is 13.2 Å². The minimum absolute atomic E-state index is 0.210. The molecule has 2 heterocycles. The predicted octanol–water partition coefficient (Wildman–Crippen LogP) is 2.13. The Kier molecular flexibility index (Phi) is 3.00. The number of aromatic nitrogens is 1. The van der Waals surface area contributed by atoms with Gasteiger partial charge in [-0.1, -0.05) is 0 Å². The molecule has 5 heteroatoms. The highest BCUT2D eigenvalue weighted by atomic mass is 79.9. The van der Waals surface area contributed by atoms with Gasteiger partial charge in [-0.05, 0) is 34.5 Å². The van der Waals surface area contributed by atoms with Gasteiger partial charge in [-0.15, -0.1) is 0 Å². The molecular formula is C10H13BrN2O2. The van der Waals surface area contributed by atoms with Crippen LogP contribution < -0.4 is 0 Å². The molecular weight excluding hydrogens is 260 g/mol. The van der Waals surface area contributed by atoms with Gasteiger partial charge in [0, 0.05) is 19.3 Å². The first kappa shape index (κ1) is 10.5. The second-order valence-corrected chi connectivity index (χ2v) is 4.41. The monoisotopic (exact) mass is 272 g/mol. The molecule has 1 amide bonds. The first-order valence-electron chi connectivity index (χ1n) is 4.90. The number of carbonyl (C=O) groups excluding carboxylic acids is 1. The van der Waals surface area contributed by atoms with Crippen LogP contribution in [0.4, 0.5) is 4.79 Å². The third-order valence-corrected chi connectivity index (χ3v) is 3.37. The maximum absolute atomic E-state index is 11.4. The molecule has 1 aliphatic heterocycles. The first-order chi connectivity index (χ1) is 7.18. The largest absolute Gasteiger partial charge is 0.449 e. The molecule has 1 aromatic rings. The second kappa shape index (κ2) is 4.26. The molecule has 82 valence electrons. The molecule has 0 N–H and O–H groups in total. The standard InChI is InChI=1S/C10H13BrN2O2/c1-12-8(3-4-9(12)11)7-13-5-2-6-15-10(13)14/h3-4H,2,5-7H2,1H3. The second-order valence-electron chi connectivity index (χ2n) is 3.60. The van der Waals surface area contributed by atoms with E-state index in [-0.39, 0.29) is 6.09 Å². The van der Waals surface area contributed by atoms with Crippen LogP contribution in [0.1, 0.15) is 12.1 Å². The number of nitrogens with zero attached hydrogens (tertiary/aromatic N) is 2. The minimum atomic E-state index is -0.210. The van der Waals surface area contributed by atoms with Crippen LogP contribution in [0, 0.1) is 0 Å². The van der Waals surface area contributed by atoms with Gasteiger partial charge in [0.05, 0.1) is 17.8 Å². The normalized spacial score (nSPS) is 16.7. The topological polar surface area (TPSA) is 34.5 Å². The van der Waals surface area contributed by atoms with Crippen LogP contribution in [-0.2, 0) is 18.3 Å². The quantitative estimate of drug-likeness (QED) is 0.827. The SMILES string of the molecule is Cn1c(Br)ccc1CN1CCCOC1=O. The molecule has 2 rings (SSSR count). The van der Waals surface area contributed by atoms with Crippen molar-refractivity contribution in [2.45, 2.75) is 13.0 Å². The average Bonchev–Trinajstić information content (AvgIpc) is 2.53. The number of carbonyl (C=O) groups is 1. The van der Waals surface area contributed by atoms with E-state index >= 15 is 0 Å². The van der Waals surface area contributed by atoms with Gasteiger partial charge >= 0.3 is 6.09 Å². The van der Waals surface area contributed by atoms with Crippen molar-refractivity contribution in [1.29, 1.82) is 0 Å². The maximum atomic E-state index is 11.4. The summed E-state index contributed by atoms with van der Waals surface area (Å²) in [6.07, 6.45) is 0.704. The Bertz CT molecular complexity index is 375. The van der Waals surface area contributed by atoms with E-state index in [1.54, 1.807) is 4.90 Å². The van der Waals surface area contributed by atoms with Gasteiger partial charge in [0.15, 0.2) is 0 Å². The smallest absolute Gasteiger partial charge is 0.410 e. The molecule has 0 aromatic carbocycles. The van der Waals surface area contributed by atoms with Crippen molar-refractivity contribution in [3.63, 3.8) is 0 Å². The van der Waals surface area contributed by atoms with E-state index in [1.807, 2.05) is 23.7 Å². The van der Waals surface area contributed by atoms with Crippen LogP contribution in [0.15, 0.2) is 16.7 Å². The lowest BCUT2D eigenvalue weighted by Crippen LogP contribution is -2.37. The van der Waals surface area contributed by atoms with E-state index in [9.17, 15) is 4.79 Å². The Morgan fingerprint density at radius 2 is 2.33 bits per heavy atom. The van der Waals surface area contributed by atoms with Gasteiger partial charge in [0.25, 0.3) is 0 Å². The summed E-state index contributed by atoms with van der Waals surface area (Å²) in [4.78, 5) is 13.1. The van der Waals surface area contributed by atoms with E-state index < -0.39 is 0 Å². The minimum Gasteiger partial charge on any atom is -0.449 e. The first-order valence-corrected chi connectivity index (χ1v) is 5.69. The Morgan fingerprint density at radius 1 is 1.53 bits per heavy atom. The summed E-state index contributed by atoms with van der Waals surface area (Å²) in [6, 6.07) is 3.98. The molecule has 4 nitrogen and oxygen atoms in total. The van der Waals surface area contributed by atoms with E-state index in [2.05, 4.69) is 15.9 Å². The highest BCUT2D eigenvalue weighted by Gasteiger charge is 2.20. The van der Waals surface area contributed by atoms with Crippen molar-refractivity contribution in [3.8, 4) is 0 Å². The molecule has 1 aliphatic rings. The van der Waals surface area contributed by atoms with Gasteiger partial charge < -0.3 is 14.2 Å². The molecule has 0 saturated carbocycles. The van der Waals surface area contributed by atoms with Crippen molar-refractivity contribution in [2.24, 2.45) is 7.05 Å². The summed E-state index contributed by atoms with van der Waals surface area (Å²) in [5.74, 6) is 0. The van der Waals surface area contributed by atoms with Gasteiger partial charge in [0.1, 0.15) is 0 Å². The van der Waals surface area contributed by atoms with Gasteiger partial charge in [-0.3, -0.25) is 0 Å². The fraction of sp³-hybridized carbons (Fsp3) is 0.500. The molecule has 1 aromatic heterocycles. The van der Waals surface area contributed by atoms with Crippen LogP contribution in [0.5, 0.6) is 0 Å². The Balaban J connectivity index is 2.07. The molecule has 0 radical (unpaired) electrons. The van der Waals surface area contributed by atoms with Crippen LogP contribution in [-0.4, -0.2) is 28.7 Å². The average molecular weight is 273 g/mol. The van der Waals surface area contributed by atoms with Crippen LogP contribution in [0.2, 0.25) is 0 Å². The lowest BCUT2D eigenvalue weighted by Gasteiger charge is -2.26. The number of ether oxygens (including phenoxy) is 1. The van der Waals surface area contributed by atoms with Crippen molar-refractivity contribution in [1.82, 2.24) is 9.47 Å². The predicted molar refractivity (Wildman–Crippen MR) is 59.5 cm³/mol. The molecule has 1 fully saturated rings.